The summed E-state index contributed by atoms with van der Waals surface area (Å²) in [6, 6.07) is 4.79. The fraction of sp³-hybridized carbons (Fsp3) is 0.455. The van der Waals surface area contributed by atoms with Crippen molar-refractivity contribution in [2.75, 3.05) is 23.8 Å². The fourth-order valence-electron chi connectivity index (χ4n) is 2.25. The molecule has 6 heteroatoms. The Morgan fingerprint density at radius 1 is 1.59 bits per heavy atom. The van der Waals surface area contributed by atoms with Crippen molar-refractivity contribution in [1.82, 2.24) is 0 Å². The molecule has 1 atom stereocenters. The summed E-state index contributed by atoms with van der Waals surface area (Å²) in [5, 5.41) is 19.9. The third kappa shape index (κ3) is 2.16. The van der Waals surface area contributed by atoms with Crippen LogP contribution in [0, 0.1) is 10.1 Å². The van der Waals surface area contributed by atoms with Gasteiger partial charge >= 0.3 is 0 Å². The number of aliphatic hydroxyl groups excluding tert-OH is 1. The summed E-state index contributed by atoms with van der Waals surface area (Å²) in [5.41, 5.74) is 6.57. The first kappa shape index (κ1) is 11.7. The highest BCUT2D eigenvalue weighted by Crippen LogP contribution is 2.31. The zero-order valence-corrected chi connectivity index (χ0v) is 9.37. The normalized spacial score (nSPS) is 19.6. The molecule has 1 aliphatic rings. The lowest BCUT2D eigenvalue weighted by molar-refractivity contribution is -0.383. The van der Waals surface area contributed by atoms with Gasteiger partial charge in [-0.2, -0.15) is 0 Å². The van der Waals surface area contributed by atoms with Crippen LogP contribution in [0.5, 0.6) is 0 Å². The minimum Gasteiger partial charge on any atom is -0.394 e. The summed E-state index contributed by atoms with van der Waals surface area (Å²) in [6.07, 6.45) is 1.95. The molecule has 1 saturated heterocycles. The second kappa shape index (κ2) is 4.58. The van der Waals surface area contributed by atoms with E-state index in [2.05, 4.69) is 0 Å². The van der Waals surface area contributed by atoms with Crippen molar-refractivity contribution in [1.29, 1.82) is 0 Å². The highest BCUT2D eigenvalue weighted by Gasteiger charge is 2.25. The first-order valence-electron chi connectivity index (χ1n) is 5.55. The van der Waals surface area contributed by atoms with Crippen LogP contribution in [-0.2, 0) is 0 Å². The summed E-state index contributed by atoms with van der Waals surface area (Å²) in [4.78, 5) is 12.2. The van der Waals surface area contributed by atoms with Gasteiger partial charge in [0.25, 0.3) is 5.69 Å². The quantitative estimate of drug-likeness (QED) is 0.467. The van der Waals surface area contributed by atoms with Crippen molar-refractivity contribution in [2.45, 2.75) is 18.9 Å². The SMILES string of the molecule is Nc1cc(N2CCCC2CO)ccc1[N+](=O)[O-]. The van der Waals surface area contributed by atoms with E-state index in [1.54, 1.807) is 12.1 Å². The molecule has 92 valence electrons. The maximum absolute atomic E-state index is 10.6. The molecule has 3 N–H and O–H groups in total. The minimum atomic E-state index is -0.493. The van der Waals surface area contributed by atoms with Crippen LogP contribution in [0.25, 0.3) is 0 Å². The van der Waals surface area contributed by atoms with Gasteiger partial charge in [0.15, 0.2) is 0 Å². The smallest absolute Gasteiger partial charge is 0.292 e. The van der Waals surface area contributed by atoms with E-state index in [0.29, 0.717) is 0 Å². The summed E-state index contributed by atoms with van der Waals surface area (Å²) in [7, 11) is 0. The Hall–Kier alpha value is -1.82. The monoisotopic (exact) mass is 237 g/mol. The Bertz CT molecular complexity index is 436. The average molecular weight is 237 g/mol. The van der Waals surface area contributed by atoms with Crippen LogP contribution in [0.3, 0.4) is 0 Å². The van der Waals surface area contributed by atoms with Crippen LogP contribution >= 0.6 is 0 Å². The molecule has 6 nitrogen and oxygen atoms in total. The molecule has 1 aliphatic heterocycles. The van der Waals surface area contributed by atoms with Gasteiger partial charge in [-0.05, 0) is 25.0 Å². The molecule has 0 aliphatic carbocycles. The molecule has 0 spiro atoms. The van der Waals surface area contributed by atoms with Crippen LogP contribution in [0.2, 0.25) is 0 Å². The van der Waals surface area contributed by atoms with Crippen molar-refractivity contribution in [3.8, 4) is 0 Å². The average Bonchev–Trinajstić information content (AvgIpc) is 2.76. The molecule has 1 aromatic rings. The number of hydrogen-bond acceptors (Lipinski definition) is 5. The molecule has 0 saturated carbocycles. The number of rotatable bonds is 3. The number of nitrogen functional groups attached to an aromatic ring is 1. The molecule has 0 amide bonds. The van der Waals surface area contributed by atoms with Gasteiger partial charge in [-0.25, -0.2) is 0 Å². The van der Waals surface area contributed by atoms with Gasteiger partial charge < -0.3 is 15.7 Å². The van der Waals surface area contributed by atoms with Crippen LogP contribution in [0.4, 0.5) is 17.1 Å². The van der Waals surface area contributed by atoms with Crippen molar-refractivity contribution < 1.29 is 10.0 Å². The van der Waals surface area contributed by atoms with E-state index in [-0.39, 0.29) is 24.0 Å². The van der Waals surface area contributed by atoms with E-state index in [1.165, 1.54) is 6.07 Å². The molecular formula is C11H15N3O3. The zero-order valence-electron chi connectivity index (χ0n) is 9.37. The topological polar surface area (TPSA) is 92.6 Å². The summed E-state index contributed by atoms with van der Waals surface area (Å²) < 4.78 is 0. The standard InChI is InChI=1S/C11H15N3O3/c12-10-6-8(3-4-11(10)14(16)17)13-5-1-2-9(13)7-15/h3-4,6,9,15H,1-2,5,7,12H2. The van der Waals surface area contributed by atoms with Gasteiger partial charge in [0.05, 0.1) is 17.6 Å². The van der Waals surface area contributed by atoms with Crippen LogP contribution < -0.4 is 10.6 Å². The number of nitro groups is 1. The molecule has 0 aromatic heterocycles. The molecule has 1 unspecified atom stereocenters. The van der Waals surface area contributed by atoms with E-state index in [1.807, 2.05) is 4.90 Å². The van der Waals surface area contributed by atoms with Crippen molar-refractivity contribution >= 4 is 17.1 Å². The first-order valence-corrected chi connectivity index (χ1v) is 5.55. The third-order valence-electron chi connectivity index (χ3n) is 3.13. The molecule has 2 rings (SSSR count). The predicted molar refractivity (Wildman–Crippen MR) is 65.0 cm³/mol. The van der Waals surface area contributed by atoms with Gasteiger partial charge in [0, 0.05) is 18.3 Å². The van der Waals surface area contributed by atoms with Gasteiger partial charge in [0.2, 0.25) is 0 Å². The molecular weight excluding hydrogens is 222 g/mol. The Morgan fingerprint density at radius 3 is 2.94 bits per heavy atom. The Balaban J connectivity index is 2.28. The largest absolute Gasteiger partial charge is 0.394 e. The second-order valence-electron chi connectivity index (χ2n) is 4.17. The van der Waals surface area contributed by atoms with Gasteiger partial charge in [-0.1, -0.05) is 0 Å². The van der Waals surface area contributed by atoms with E-state index in [4.69, 9.17) is 5.73 Å². The maximum Gasteiger partial charge on any atom is 0.292 e. The molecule has 1 aromatic carbocycles. The molecule has 1 heterocycles. The third-order valence-corrected chi connectivity index (χ3v) is 3.13. The highest BCUT2D eigenvalue weighted by atomic mass is 16.6. The van der Waals surface area contributed by atoms with Gasteiger partial charge in [-0.3, -0.25) is 10.1 Å². The summed E-state index contributed by atoms with van der Waals surface area (Å²) in [6.45, 7) is 0.944. The van der Waals surface area contributed by atoms with E-state index < -0.39 is 4.92 Å². The predicted octanol–water partition coefficient (Wildman–Crippen LogP) is 1.14. The second-order valence-corrected chi connectivity index (χ2v) is 4.17. The maximum atomic E-state index is 10.6. The Labute approximate surface area is 98.8 Å². The number of nitrogens with two attached hydrogens (primary N) is 1. The lowest BCUT2D eigenvalue weighted by atomic mass is 10.2. The van der Waals surface area contributed by atoms with Crippen LogP contribution in [0.15, 0.2) is 18.2 Å². The van der Waals surface area contributed by atoms with Crippen molar-refractivity contribution in [3.63, 3.8) is 0 Å². The molecule has 0 bridgehead atoms. The van der Waals surface area contributed by atoms with Crippen molar-refractivity contribution in [2.24, 2.45) is 0 Å². The Kier molecular flexibility index (Phi) is 3.14. The number of nitro benzene ring substituents is 1. The minimum absolute atomic E-state index is 0.0755. The summed E-state index contributed by atoms with van der Waals surface area (Å²) >= 11 is 0. The molecule has 17 heavy (non-hydrogen) atoms. The van der Waals surface area contributed by atoms with Gasteiger partial charge in [-0.15, -0.1) is 0 Å². The van der Waals surface area contributed by atoms with Crippen LogP contribution in [-0.4, -0.2) is 29.2 Å². The number of aliphatic hydroxyl groups is 1. The Morgan fingerprint density at radius 2 is 2.35 bits per heavy atom. The molecule has 0 radical (unpaired) electrons. The number of hydrogen-bond donors (Lipinski definition) is 2. The number of nitrogens with zero attached hydrogens (tertiary/aromatic N) is 2. The van der Waals surface area contributed by atoms with E-state index in [9.17, 15) is 15.2 Å². The number of anilines is 2. The van der Waals surface area contributed by atoms with E-state index in [0.717, 1.165) is 25.1 Å². The summed E-state index contributed by atoms with van der Waals surface area (Å²) in [5.74, 6) is 0. The fourth-order valence-corrected chi connectivity index (χ4v) is 2.25. The lowest BCUT2D eigenvalue weighted by Gasteiger charge is -2.25. The lowest BCUT2D eigenvalue weighted by Crippen LogP contribution is -2.32. The first-order chi connectivity index (χ1) is 8.13. The van der Waals surface area contributed by atoms with Gasteiger partial charge in [0.1, 0.15) is 5.69 Å². The van der Waals surface area contributed by atoms with Crippen molar-refractivity contribution in [3.05, 3.63) is 28.3 Å². The van der Waals surface area contributed by atoms with E-state index >= 15 is 0 Å². The zero-order chi connectivity index (χ0) is 12.4. The van der Waals surface area contributed by atoms with Crippen LogP contribution in [0.1, 0.15) is 12.8 Å². The number of benzene rings is 1. The highest BCUT2D eigenvalue weighted by molar-refractivity contribution is 5.67. The molecule has 1 fully saturated rings.